The van der Waals surface area contributed by atoms with Gasteiger partial charge in [0.2, 0.25) is 0 Å². The monoisotopic (exact) mass is 250 g/mol. The highest BCUT2D eigenvalue weighted by Gasteiger charge is 2.23. The number of aromatic nitrogens is 3. The van der Waals surface area contributed by atoms with Crippen LogP contribution in [0.2, 0.25) is 0 Å². The molecule has 3 heterocycles. The number of aryl methyl sites for hydroxylation is 2. The molecular formula is C13H22N4O. The van der Waals surface area contributed by atoms with Gasteiger partial charge in [-0.05, 0) is 38.1 Å². The molecule has 5 heteroatoms. The third-order valence-electron chi connectivity index (χ3n) is 4.17. The second-order valence-electron chi connectivity index (χ2n) is 5.46. The topological polar surface area (TPSA) is 66.0 Å². The van der Waals surface area contributed by atoms with E-state index < -0.39 is 0 Å². The summed E-state index contributed by atoms with van der Waals surface area (Å²) in [7, 11) is 0. The third kappa shape index (κ3) is 2.42. The molecule has 3 rings (SSSR count). The van der Waals surface area contributed by atoms with Crippen molar-refractivity contribution >= 4 is 0 Å². The minimum Gasteiger partial charge on any atom is -0.378 e. The summed E-state index contributed by atoms with van der Waals surface area (Å²) in [6, 6.07) is 0. The second-order valence-corrected chi connectivity index (χ2v) is 5.46. The molecule has 0 aliphatic carbocycles. The number of fused-ring (bicyclic) bond motifs is 1. The maximum absolute atomic E-state index is 5.78. The Morgan fingerprint density at radius 2 is 2.28 bits per heavy atom. The number of hydrogen-bond acceptors (Lipinski definition) is 4. The van der Waals surface area contributed by atoms with E-state index in [1.54, 1.807) is 0 Å². The van der Waals surface area contributed by atoms with E-state index in [1.807, 2.05) is 0 Å². The van der Waals surface area contributed by atoms with Crippen LogP contribution in [0.4, 0.5) is 0 Å². The van der Waals surface area contributed by atoms with Gasteiger partial charge in [-0.2, -0.15) is 0 Å². The van der Waals surface area contributed by atoms with E-state index in [2.05, 4.69) is 14.8 Å². The predicted molar refractivity (Wildman–Crippen MR) is 68.2 cm³/mol. The average molecular weight is 250 g/mol. The smallest absolute Gasteiger partial charge is 0.133 e. The van der Waals surface area contributed by atoms with Crippen molar-refractivity contribution in [2.45, 2.75) is 51.2 Å². The molecule has 2 unspecified atom stereocenters. The van der Waals surface area contributed by atoms with Gasteiger partial charge in [-0.1, -0.05) is 0 Å². The molecule has 0 saturated carbocycles. The van der Waals surface area contributed by atoms with E-state index in [1.165, 1.54) is 12.8 Å². The van der Waals surface area contributed by atoms with Crippen molar-refractivity contribution in [3.8, 4) is 0 Å². The zero-order valence-electron chi connectivity index (χ0n) is 10.8. The summed E-state index contributed by atoms with van der Waals surface area (Å²) in [5.74, 6) is 2.86. The minimum absolute atomic E-state index is 0.437. The molecule has 5 nitrogen and oxygen atoms in total. The zero-order chi connectivity index (χ0) is 12.4. The lowest BCUT2D eigenvalue weighted by Gasteiger charge is -2.23. The van der Waals surface area contributed by atoms with Crippen LogP contribution in [0, 0.1) is 5.92 Å². The Hall–Kier alpha value is -0.940. The van der Waals surface area contributed by atoms with E-state index >= 15 is 0 Å². The molecule has 100 valence electrons. The van der Waals surface area contributed by atoms with E-state index in [-0.39, 0.29) is 0 Å². The molecule has 1 saturated heterocycles. The molecule has 0 aromatic carbocycles. The van der Waals surface area contributed by atoms with Crippen LogP contribution in [0.3, 0.4) is 0 Å². The summed E-state index contributed by atoms with van der Waals surface area (Å²) in [6.45, 7) is 2.69. The molecule has 1 aromatic rings. The highest BCUT2D eigenvalue weighted by atomic mass is 16.5. The largest absolute Gasteiger partial charge is 0.378 e. The molecule has 1 fully saturated rings. The molecule has 0 amide bonds. The van der Waals surface area contributed by atoms with Crippen molar-refractivity contribution in [1.29, 1.82) is 0 Å². The maximum Gasteiger partial charge on any atom is 0.133 e. The first-order valence-electron chi connectivity index (χ1n) is 7.09. The van der Waals surface area contributed by atoms with Gasteiger partial charge in [-0.15, -0.1) is 10.2 Å². The van der Waals surface area contributed by atoms with Crippen LogP contribution in [0.25, 0.3) is 0 Å². The highest BCUT2D eigenvalue weighted by Crippen LogP contribution is 2.22. The summed E-state index contributed by atoms with van der Waals surface area (Å²) < 4.78 is 7.95. The molecule has 1 aromatic heterocycles. The van der Waals surface area contributed by atoms with Crippen LogP contribution in [0.15, 0.2) is 0 Å². The zero-order valence-corrected chi connectivity index (χ0v) is 10.8. The number of nitrogens with two attached hydrogens (primary N) is 1. The maximum atomic E-state index is 5.78. The van der Waals surface area contributed by atoms with Crippen LogP contribution >= 0.6 is 0 Å². The van der Waals surface area contributed by atoms with Gasteiger partial charge in [0.1, 0.15) is 11.6 Å². The molecule has 0 bridgehead atoms. The van der Waals surface area contributed by atoms with Gasteiger partial charge in [0.15, 0.2) is 0 Å². The Bertz CT molecular complexity index is 398. The molecule has 2 aliphatic rings. The Balaban J connectivity index is 1.64. The van der Waals surface area contributed by atoms with Crippen LogP contribution in [-0.2, 0) is 24.1 Å². The first kappa shape index (κ1) is 12.1. The summed E-state index contributed by atoms with van der Waals surface area (Å²) >= 11 is 0. The van der Waals surface area contributed by atoms with Crippen molar-refractivity contribution in [2.24, 2.45) is 11.7 Å². The van der Waals surface area contributed by atoms with Gasteiger partial charge >= 0.3 is 0 Å². The SMILES string of the molecule is NCC1CCc2nnc(CCC3CCCO3)n2C1. The molecule has 0 spiro atoms. The first-order chi connectivity index (χ1) is 8.86. The number of hydrogen-bond donors (Lipinski definition) is 1. The normalized spacial score (nSPS) is 27.4. The Morgan fingerprint density at radius 1 is 1.33 bits per heavy atom. The van der Waals surface area contributed by atoms with Gasteiger partial charge in [0.25, 0.3) is 0 Å². The van der Waals surface area contributed by atoms with Crippen molar-refractivity contribution in [2.75, 3.05) is 13.2 Å². The number of ether oxygens (including phenoxy) is 1. The molecule has 0 radical (unpaired) electrons. The predicted octanol–water partition coefficient (Wildman–Crippen LogP) is 0.911. The number of rotatable bonds is 4. The van der Waals surface area contributed by atoms with Crippen LogP contribution in [0.1, 0.15) is 37.3 Å². The first-order valence-corrected chi connectivity index (χ1v) is 7.09. The standard InChI is InChI=1S/C13H22N4O/c14-8-10-3-5-12-15-16-13(17(12)9-10)6-4-11-2-1-7-18-11/h10-11H,1-9,14H2. The van der Waals surface area contributed by atoms with Crippen molar-refractivity contribution < 1.29 is 4.74 Å². The fraction of sp³-hybridized carbons (Fsp3) is 0.846. The lowest BCUT2D eigenvalue weighted by atomic mass is 9.99. The Kier molecular flexibility index (Phi) is 3.61. The summed E-state index contributed by atoms with van der Waals surface area (Å²) in [4.78, 5) is 0. The quantitative estimate of drug-likeness (QED) is 0.862. The Labute approximate surface area is 108 Å². The lowest BCUT2D eigenvalue weighted by molar-refractivity contribution is 0.104. The van der Waals surface area contributed by atoms with E-state index in [0.29, 0.717) is 12.0 Å². The van der Waals surface area contributed by atoms with Gasteiger partial charge in [-0.3, -0.25) is 0 Å². The molecule has 18 heavy (non-hydrogen) atoms. The fourth-order valence-corrected chi connectivity index (χ4v) is 2.99. The second kappa shape index (κ2) is 5.36. The minimum atomic E-state index is 0.437. The van der Waals surface area contributed by atoms with Crippen molar-refractivity contribution in [3.63, 3.8) is 0 Å². The molecule has 2 aliphatic heterocycles. The molecular weight excluding hydrogens is 228 g/mol. The number of nitrogens with zero attached hydrogens (tertiary/aromatic N) is 3. The summed E-state index contributed by atoms with van der Waals surface area (Å²) in [6.07, 6.45) is 7.08. The third-order valence-corrected chi connectivity index (χ3v) is 4.17. The average Bonchev–Trinajstić information content (AvgIpc) is 3.05. The van der Waals surface area contributed by atoms with Crippen LogP contribution < -0.4 is 5.73 Å². The van der Waals surface area contributed by atoms with Gasteiger partial charge in [-0.25, -0.2) is 0 Å². The summed E-state index contributed by atoms with van der Waals surface area (Å²) in [5.41, 5.74) is 5.78. The molecule has 2 atom stereocenters. The molecule has 2 N–H and O–H groups in total. The lowest BCUT2D eigenvalue weighted by Crippen LogP contribution is -2.27. The van der Waals surface area contributed by atoms with Gasteiger partial charge in [0.05, 0.1) is 6.10 Å². The van der Waals surface area contributed by atoms with Crippen LogP contribution in [-0.4, -0.2) is 34.0 Å². The summed E-state index contributed by atoms with van der Waals surface area (Å²) in [5, 5.41) is 8.65. The van der Waals surface area contributed by atoms with E-state index in [9.17, 15) is 0 Å². The Morgan fingerprint density at radius 3 is 3.06 bits per heavy atom. The van der Waals surface area contributed by atoms with E-state index in [0.717, 1.165) is 57.0 Å². The highest BCUT2D eigenvalue weighted by molar-refractivity contribution is 5.00. The fourth-order valence-electron chi connectivity index (χ4n) is 2.99. The van der Waals surface area contributed by atoms with E-state index in [4.69, 9.17) is 10.5 Å². The van der Waals surface area contributed by atoms with Crippen LogP contribution in [0.5, 0.6) is 0 Å². The van der Waals surface area contributed by atoms with Crippen molar-refractivity contribution in [3.05, 3.63) is 11.6 Å². The van der Waals surface area contributed by atoms with Gasteiger partial charge in [0, 0.05) is 26.0 Å². The van der Waals surface area contributed by atoms with Crippen molar-refractivity contribution in [1.82, 2.24) is 14.8 Å². The van der Waals surface area contributed by atoms with Gasteiger partial charge < -0.3 is 15.0 Å².